The Morgan fingerprint density at radius 2 is 1.23 bits per heavy atom. The van der Waals surface area contributed by atoms with Crippen LogP contribution >= 0.6 is 31.9 Å². The van der Waals surface area contributed by atoms with Crippen LogP contribution in [0.25, 0.3) is 5.57 Å². The maximum Gasteiger partial charge on any atom is 0.138 e. The number of halogens is 2. The standard InChI is InChI=1S/C16H8Br2N2O2/c17-12-5-9(1-3-14(12)21)16(11(7-19)8-20)10-2-4-15(22)13(18)6-10/h1-6,21-22H. The van der Waals surface area contributed by atoms with Crippen LogP contribution in [0.2, 0.25) is 0 Å². The molecule has 0 radical (unpaired) electrons. The zero-order valence-corrected chi connectivity index (χ0v) is 14.2. The first-order valence-corrected chi connectivity index (χ1v) is 7.58. The normalized spacial score (nSPS) is 9.64. The first-order valence-electron chi connectivity index (χ1n) is 6.00. The van der Waals surface area contributed by atoms with E-state index in [0.29, 0.717) is 25.6 Å². The van der Waals surface area contributed by atoms with Gasteiger partial charge in [-0.05, 0) is 67.3 Å². The number of nitriles is 2. The highest BCUT2D eigenvalue weighted by Crippen LogP contribution is 2.35. The van der Waals surface area contributed by atoms with E-state index in [1.54, 1.807) is 24.3 Å². The molecule has 4 nitrogen and oxygen atoms in total. The van der Waals surface area contributed by atoms with E-state index in [1.807, 2.05) is 12.1 Å². The van der Waals surface area contributed by atoms with E-state index in [9.17, 15) is 20.7 Å². The van der Waals surface area contributed by atoms with E-state index in [0.717, 1.165) is 0 Å². The number of phenols is 2. The third-order valence-electron chi connectivity index (χ3n) is 2.95. The third kappa shape index (κ3) is 3.14. The minimum absolute atomic E-state index is 0.0600. The molecule has 0 atom stereocenters. The van der Waals surface area contributed by atoms with Crippen molar-refractivity contribution in [1.29, 1.82) is 10.5 Å². The lowest BCUT2D eigenvalue weighted by Crippen LogP contribution is -1.93. The summed E-state index contributed by atoms with van der Waals surface area (Å²) in [6.07, 6.45) is 0. The molecule has 0 aliphatic carbocycles. The Hall–Kier alpha value is -2.28. The fraction of sp³-hybridized carbons (Fsp3) is 0. The van der Waals surface area contributed by atoms with Gasteiger partial charge in [-0.15, -0.1) is 0 Å². The van der Waals surface area contributed by atoms with E-state index >= 15 is 0 Å². The summed E-state index contributed by atoms with van der Waals surface area (Å²) in [5, 5.41) is 37.6. The maximum absolute atomic E-state index is 9.60. The molecule has 0 heterocycles. The van der Waals surface area contributed by atoms with Crippen LogP contribution in [0.1, 0.15) is 11.1 Å². The van der Waals surface area contributed by atoms with Crippen LogP contribution in [-0.4, -0.2) is 10.2 Å². The van der Waals surface area contributed by atoms with Crippen molar-refractivity contribution in [3.63, 3.8) is 0 Å². The lowest BCUT2D eigenvalue weighted by molar-refractivity contribution is 0.471. The molecule has 0 aliphatic heterocycles. The van der Waals surface area contributed by atoms with Crippen molar-refractivity contribution in [3.8, 4) is 23.6 Å². The number of benzene rings is 2. The molecule has 0 spiro atoms. The van der Waals surface area contributed by atoms with Crippen molar-refractivity contribution in [3.05, 3.63) is 62.0 Å². The van der Waals surface area contributed by atoms with Gasteiger partial charge in [-0.25, -0.2) is 0 Å². The van der Waals surface area contributed by atoms with Gasteiger partial charge in [0.1, 0.15) is 29.2 Å². The molecule has 2 aromatic carbocycles. The van der Waals surface area contributed by atoms with Gasteiger partial charge in [0.25, 0.3) is 0 Å². The second-order valence-corrected chi connectivity index (χ2v) is 6.01. The average molecular weight is 420 g/mol. The average Bonchev–Trinajstić information content (AvgIpc) is 2.51. The van der Waals surface area contributed by atoms with Crippen molar-refractivity contribution < 1.29 is 10.2 Å². The number of allylic oxidation sites excluding steroid dienone is 1. The van der Waals surface area contributed by atoms with Gasteiger partial charge in [0.15, 0.2) is 0 Å². The van der Waals surface area contributed by atoms with E-state index < -0.39 is 0 Å². The van der Waals surface area contributed by atoms with Gasteiger partial charge < -0.3 is 10.2 Å². The number of nitrogens with zero attached hydrogens (tertiary/aromatic N) is 2. The molecule has 6 heteroatoms. The molecule has 0 saturated carbocycles. The summed E-state index contributed by atoms with van der Waals surface area (Å²) in [7, 11) is 0. The highest BCUT2D eigenvalue weighted by Gasteiger charge is 2.15. The highest BCUT2D eigenvalue weighted by molar-refractivity contribution is 9.10. The maximum atomic E-state index is 9.60. The van der Waals surface area contributed by atoms with Gasteiger partial charge in [-0.2, -0.15) is 10.5 Å². The summed E-state index contributed by atoms with van der Waals surface area (Å²) in [6, 6.07) is 13.2. The van der Waals surface area contributed by atoms with Gasteiger partial charge in [-0.1, -0.05) is 12.1 Å². The van der Waals surface area contributed by atoms with Crippen molar-refractivity contribution >= 4 is 37.4 Å². The lowest BCUT2D eigenvalue weighted by Gasteiger charge is -2.11. The first-order chi connectivity index (χ1) is 10.5. The first kappa shape index (κ1) is 16.1. The molecule has 0 saturated heterocycles. The Morgan fingerprint density at radius 3 is 1.55 bits per heavy atom. The number of hydrogen-bond acceptors (Lipinski definition) is 4. The number of phenolic OH excluding ortho intramolecular Hbond substituents is 2. The Bertz CT molecular complexity index is 792. The molecule has 0 fully saturated rings. The molecule has 108 valence electrons. The molecule has 0 aliphatic rings. The van der Waals surface area contributed by atoms with Crippen molar-refractivity contribution in [1.82, 2.24) is 0 Å². The second kappa shape index (κ2) is 6.65. The van der Waals surface area contributed by atoms with Crippen LogP contribution in [-0.2, 0) is 0 Å². The van der Waals surface area contributed by atoms with Gasteiger partial charge in [-0.3, -0.25) is 0 Å². The molecule has 0 unspecified atom stereocenters. The van der Waals surface area contributed by atoms with Crippen molar-refractivity contribution in [2.24, 2.45) is 0 Å². The number of rotatable bonds is 2. The molecule has 0 amide bonds. The van der Waals surface area contributed by atoms with E-state index in [-0.39, 0.29) is 17.1 Å². The van der Waals surface area contributed by atoms with Crippen LogP contribution in [0.5, 0.6) is 11.5 Å². The minimum atomic E-state index is -0.0600. The third-order valence-corrected chi connectivity index (χ3v) is 4.22. The van der Waals surface area contributed by atoms with E-state index in [4.69, 9.17) is 0 Å². The second-order valence-electron chi connectivity index (χ2n) is 4.31. The highest BCUT2D eigenvalue weighted by atomic mass is 79.9. The van der Waals surface area contributed by atoms with Crippen LogP contribution < -0.4 is 0 Å². The minimum Gasteiger partial charge on any atom is -0.507 e. The van der Waals surface area contributed by atoms with Crippen LogP contribution in [0.15, 0.2) is 50.9 Å². The Labute approximate surface area is 143 Å². The summed E-state index contributed by atoms with van der Waals surface area (Å²) in [5.41, 5.74) is 1.56. The molecule has 2 rings (SSSR count). The number of aromatic hydroxyl groups is 2. The smallest absolute Gasteiger partial charge is 0.138 e. The largest absolute Gasteiger partial charge is 0.507 e. The molecule has 22 heavy (non-hydrogen) atoms. The fourth-order valence-electron chi connectivity index (χ4n) is 1.92. The Morgan fingerprint density at radius 1 is 0.818 bits per heavy atom. The Kier molecular flexibility index (Phi) is 4.87. The van der Waals surface area contributed by atoms with Gasteiger partial charge in [0.05, 0.1) is 8.95 Å². The monoisotopic (exact) mass is 418 g/mol. The fourth-order valence-corrected chi connectivity index (χ4v) is 2.67. The SMILES string of the molecule is N#CC(C#N)=C(c1ccc(O)c(Br)c1)c1ccc(O)c(Br)c1. The summed E-state index contributed by atoms with van der Waals surface area (Å²) >= 11 is 6.44. The van der Waals surface area contributed by atoms with Crippen LogP contribution in [0.4, 0.5) is 0 Å². The molecular weight excluding hydrogens is 412 g/mol. The zero-order valence-electron chi connectivity index (χ0n) is 11.0. The summed E-state index contributed by atoms with van der Waals surface area (Å²) in [4.78, 5) is 0. The van der Waals surface area contributed by atoms with E-state index in [2.05, 4.69) is 31.9 Å². The van der Waals surface area contributed by atoms with Gasteiger partial charge >= 0.3 is 0 Å². The summed E-state index contributed by atoms with van der Waals surface area (Å²) in [6.45, 7) is 0. The Balaban J connectivity index is 2.76. The van der Waals surface area contributed by atoms with E-state index in [1.165, 1.54) is 12.1 Å². The van der Waals surface area contributed by atoms with Gasteiger partial charge in [0.2, 0.25) is 0 Å². The predicted molar refractivity (Wildman–Crippen MR) is 88.9 cm³/mol. The molecule has 2 aromatic rings. The number of hydrogen-bond donors (Lipinski definition) is 2. The molecule has 0 bridgehead atoms. The quantitative estimate of drug-likeness (QED) is 0.702. The van der Waals surface area contributed by atoms with Gasteiger partial charge in [0, 0.05) is 5.57 Å². The molecular formula is C16H8Br2N2O2. The zero-order chi connectivity index (χ0) is 16.3. The molecule has 2 N–H and O–H groups in total. The lowest BCUT2D eigenvalue weighted by atomic mass is 9.93. The topological polar surface area (TPSA) is 88.0 Å². The van der Waals surface area contributed by atoms with Crippen molar-refractivity contribution in [2.75, 3.05) is 0 Å². The summed E-state index contributed by atoms with van der Waals surface area (Å²) < 4.78 is 0.908. The van der Waals surface area contributed by atoms with Crippen LogP contribution in [0.3, 0.4) is 0 Å². The van der Waals surface area contributed by atoms with Crippen LogP contribution in [0, 0.1) is 22.7 Å². The molecule has 0 aromatic heterocycles. The summed E-state index contributed by atoms with van der Waals surface area (Å²) in [5.74, 6) is 0.121. The predicted octanol–water partition coefficient (Wildman–Crippen LogP) is 4.47. The van der Waals surface area contributed by atoms with Crippen molar-refractivity contribution in [2.45, 2.75) is 0 Å².